The van der Waals surface area contributed by atoms with E-state index in [0.29, 0.717) is 17.5 Å². The third kappa shape index (κ3) is 2.80. The van der Waals surface area contributed by atoms with Gasteiger partial charge in [0, 0.05) is 30.8 Å². The fourth-order valence-corrected chi connectivity index (χ4v) is 4.54. The molecule has 0 bridgehead atoms. The van der Waals surface area contributed by atoms with Crippen LogP contribution < -0.4 is 4.31 Å². The first-order chi connectivity index (χ1) is 11.7. The number of non-ortho nitro benzene ring substituents is 2. The van der Waals surface area contributed by atoms with Gasteiger partial charge in [0.15, 0.2) is 0 Å². The first-order valence-electron chi connectivity index (χ1n) is 7.27. The van der Waals surface area contributed by atoms with E-state index in [2.05, 4.69) is 0 Å². The highest BCUT2D eigenvalue weighted by Crippen LogP contribution is 2.36. The minimum atomic E-state index is -4.07. The number of benzene rings is 2. The number of hydrogen-bond acceptors (Lipinski definition) is 6. The van der Waals surface area contributed by atoms with Crippen molar-refractivity contribution in [3.63, 3.8) is 0 Å². The molecule has 0 unspecified atom stereocenters. The molecule has 0 amide bonds. The molecule has 1 heterocycles. The molecular weight excluding hydrogens is 350 g/mol. The van der Waals surface area contributed by atoms with Gasteiger partial charge in [-0.15, -0.1) is 0 Å². The number of rotatable bonds is 4. The number of nitro benzene ring substituents is 2. The van der Waals surface area contributed by atoms with Crippen molar-refractivity contribution in [2.75, 3.05) is 10.8 Å². The Morgan fingerprint density at radius 3 is 2.24 bits per heavy atom. The van der Waals surface area contributed by atoms with Crippen molar-refractivity contribution in [3.05, 3.63) is 67.8 Å². The monoisotopic (exact) mass is 363 g/mol. The molecule has 0 aliphatic carbocycles. The molecule has 2 aromatic carbocycles. The van der Waals surface area contributed by atoms with Crippen molar-refractivity contribution in [2.24, 2.45) is 0 Å². The maximum Gasteiger partial charge on any atom is 0.271 e. The van der Waals surface area contributed by atoms with Crippen molar-refractivity contribution >= 4 is 27.1 Å². The molecule has 10 heteroatoms. The van der Waals surface area contributed by atoms with E-state index < -0.39 is 19.9 Å². The van der Waals surface area contributed by atoms with Crippen molar-refractivity contribution in [2.45, 2.75) is 18.2 Å². The minimum Gasteiger partial charge on any atom is -0.265 e. The van der Waals surface area contributed by atoms with Crippen LogP contribution in [-0.4, -0.2) is 24.8 Å². The lowest BCUT2D eigenvalue weighted by molar-refractivity contribution is -0.385. The first-order valence-corrected chi connectivity index (χ1v) is 8.71. The number of nitrogens with zero attached hydrogens (tertiary/aromatic N) is 3. The third-order valence-corrected chi connectivity index (χ3v) is 6.04. The zero-order valence-corrected chi connectivity index (χ0v) is 13.9. The first kappa shape index (κ1) is 16.8. The summed E-state index contributed by atoms with van der Waals surface area (Å²) in [6.45, 7) is 1.67. The lowest BCUT2D eigenvalue weighted by Gasteiger charge is -2.20. The predicted octanol–water partition coefficient (Wildman–Crippen LogP) is 2.56. The number of fused-ring (bicyclic) bond motifs is 1. The quantitative estimate of drug-likeness (QED) is 0.607. The van der Waals surface area contributed by atoms with E-state index in [4.69, 9.17) is 0 Å². The Labute approximate surface area is 142 Å². The van der Waals surface area contributed by atoms with Crippen LogP contribution in [0.1, 0.15) is 11.1 Å². The maximum absolute atomic E-state index is 13.0. The molecule has 0 radical (unpaired) electrons. The zero-order chi connectivity index (χ0) is 18.4. The summed E-state index contributed by atoms with van der Waals surface area (Å²) in [6, 6.07) is 7.69. The van der Waals surface area contributed by atoms with Gasteiger partial charge in [0.1, 0.15) is 0 Å². The van der Waals surface area contributed by atoms with Gasteiger partial charge in [-0.05, 0) is 24.5 Å². The predicted molar refractivity (Wildman–Crippen MR) is 89.2 cm³/mol. The van der Waals surface area contributed by atoms with Gasteiger partial charge < -0.3 is 0 Å². The summed E-state index contributed by atoms with van der Waals surface area (Å²) in [6.07, 6.45) is 0.417. The van der Waals surface area contributed by atoms with E-state index in [1.807, 2.05) is 0 Å². The van der Waals surface area contributed by atoms with Crippen LogP contribution in [0.25, 0.3) is 0 Å². The van der Waals surface area contributed by atoms with Gasteiger partial charge in [0.25, 0.3) is 21.4 Å². The van der Waals surface area contributed by atoms with Crippen LogP contribution >= 0.6 is 0 Å². The summed E-state index contributed by atoms with van der Waals surface area (Å²) in [5, 5.41) is 21.9. The largest absolute Gasteiger partial charge is 0.271 e. The Bertz CT molecular complexity index is 1000. The van der Waals surface area contributed by atoms with Crippen molar-refractivity contribution in [1.29, 1.82) is 0 Å². The van der Waals surface area contributed by atoms with E-state index in [-0.39, 0.29) is 28.5 Å². The SMILES string of the molecule is Cc1ccc([N+](=O)[O-])cc1S(=O)(=O)N1CCc2ccc([N+](=O)[O-])cc21. The molecule has 1 aliphatic rings. The number of sulfonamides is 1. The molecule has 130 valence electrons. The highest BCUT2D eigenvalue weighted by Gasteiger charge is 2.34. The summed E-state index contributed by atoms with van der Waals surface area (Å²) in [7, 11) is -4.07. The Balaban J connectivity index is 2.13. The van der Waals surface area contributed by atoms with Crippen LogP contribution in [0.3, 0.4) is 0 Å². The van der Waals surface area contributed by atoms with E-state index in [1.54, 1.807) is 6.92 Å². The Morgan fingerprint density at radius 1 is 1.00 bits per heavy atom. The topological polar surface area (TPSA) is 124 Å². The average molecular weight is 363 g/mol. The Kier molecular flexibility index (Phi) is 3.91. The van der Waals surface area contributed by atoms with E-state index in [1.165, 1.54) is 30.3 Å². The van der Waals surface area contributed by atoms with Crippen LogP contribution in [0.2, 0.25) is 0 Å². The summed E-state index contributed by atoms with van der Waals surface area (Å²) in [5.41, 5.74) is 0.737. The van der Waals surface area contributed by atoms with Crippen LogP contribution in [0, 0.1) is 27.2 Å². The van der Waals surface area contributed by atoms with Crippen LogP contribution in [0.5, 0.6) is 0 Å². The molecular formula is C15H13N3O6S. The molecule has 2 aromatic rings. The molecule has 0 saturated heterocycles. The minimum absolute atomic E-state index is 0.126. The van der Waals surface area contributed by atoms with Gasteiger partial charge in [-0.25, -0.2) is 8.42 Å². The second kappa shape index (κ2) is 5.81. The summed E-state index contributed by atoms with van der Waals surface area (Å²) < 4.78 is 27.1. The van der Waals surface area contributed by atoms with Gasteiger partial charge in [-0.3, -0.25) is 24.5 Å². The molecule has 1 aliphatic heterocycles. The van der Waals surface area contributed by atoms with Gasteiger partial charge in [0.05, 0.1) is 20.4 Å². The second-order valence-electron chi connectivity index (χ2n) is 5.60. The average Bonchev–Trinajstić information content (AvgIpc) is 2.98. The number of aryl methyl sites for hydroxylation is 1. The highest BCUT2D eigenvalue weighted by atomic mass is 32.2. The summed E-state index contributed by atoms with van der Waals surface area (Å²) in [5.74, 6) is 0. The molecule has 0 aromatic heterocycles. The second-order valence-corrected chi connectivity index (χ2v) is 7.43. The molecule has 0 atom stereocenters. The molecule has 0 N–H and O–H groups in total. The smallest absolute Gasteiger partial charge is 0.265 e. The summed E-state index contributed by atoms with van der Waals surface area (Å²) >= 11 is 0. The molecule has 0 spiro atoms. The molecule has 0 fully saturated rings. The fourth-order valence-electron chi connectivity index (χ4n) is 2.80. The molecule has 0 saturated carbocycles. The Hall–Kier alpha value is -3.01. The molecule has 25 heavy (non-hydrogen) atoms. The molecule has 9 nitrogen and oxygen atoms in total. The van der Waals surface area contributed by atoms with Gasteiger partial charge >= 0.3 is 0 Å². The zero-order valence-electron chi connectivity index (χ0n) is 13.1. The van der Waals surface area contributed by atoms with Crippen molar-refractivity contribution in [1.82, 2.24) is 0 Å². The van der Waals surface area contributed by atoms with Gasteiger partial charge in [-0.2, -0.15) is 0 Å². The van der Waals surface area contributed by atoms with Crippen molar-refractivity contribution < 1.29 is 18.3 Å². The summed E-state index contributed by atoms with van der Waals surface area (Å²) in [4.78, 5) is 20.5. The fraction of sp³-hybridized carbons (Fsp3) is 0.200. The normalized spacial score (nSPS) is 13.6. The van der Waals surface area contributed by atoms with Crippen LogP contribution in [0.4, 0.5) is 17.1 Å². The van der Waals surface area contributed by atoms with E-state index in [0.717, 1.165) is 10.4 Å². The standard InChI is InChI=1S/C15H13N3O6S/c1-10-2-4-13(18(21)22)9-15(10)25(23,24)16-7-6-11-3-5-12(17(19)20)8-14(11)16/h2-5,8-9H,6-7H2,1H3. The number of anilines is 1. The van der Waals surface area contributed by atoms with Crippen molar-refractivity contribution in [3.8, 4) is 0 Å². The highest BCUT2D eigenvalue weighted by molar-refractivity contribution is 7.93. The Morgan fingerprint density at radius 2 is 1.60 bits per heavy atom. The van der Waals surface area contributed by atoms with E-state index in [9.17, 15) is 28.6 Å². The van der Waals surface area contributed by atoms with Gasteiger partial charge in [0.2, 0.25) is 0 Å². The van der Waals surface area contributed by atoms with Crippen LogP contribution in [-0.2, 0) is 16.4 Å². The lowest BCUT2D eigenvalue weighted by Crippen LogP contribution is -2.29. The third-order valence-electron chi connectivity index (χ3n) is 4.08. The maximum atomic E-state index is 13.0. The lowest BCUT2D eigenvalue weighted by atomic mass is 10.1. The number of nitro groups is 2. The number of hydrogen-bond donors (Lipinski definition) is 0. The van der Waals surface area contributed by atoms with Gasteiger partial charge in [-0.1, -0.05) is 12.1 Å². The molecule has 3 rings (SSSR count). The van der Waals surface area contributed by atoms with E-state index >= 15 is 0 Å². The van der Waals surface area contributed by atoms with Crippen LogP contribution in [0.15, 0.2) is 41.3 Å².